The first kappa shape index (κ1) is 13.4. The third-order valence-electron chi connectivity index (χ3n) is 2.96. The van der Waals surface area contributed by atoms with E-state index in [4.69, 9.17) is 16.3 Å². The number of halogens is 2. The molecule has 0 atom stereocenters. The van der Waals surface area contributed by atoms with Gasteiger partial charge in [0.05, 0.1) is 10.5 Å². The van der Waals surface area contributed by atoms with Crippen LogP contribution in [0.15, 0.2) is 54.7 Å². The molecule has 0 amide bonds. The monoisotopic (exact) mass is 347 g/mol. The fourth-order valence-corrected chi connectivity index (χ4v) is 2.54. The van der Waals surface area contributed by atoms with E-state index >= 15 is 0 Å². The second-order valence-electron chi connectivity index (χ2n) is 4.36. The zero-order valence-corrected chi connectivity index (χ0v) is 12.9. The smallest absolute Gasteiger partial charge is 0.146 e. The number of hydrogen-bond acceptors (Lipinski definition) is 2. The first-order valence-electron chi connectivity index (χ1n) is 6.13. The van der Waals surface area contributed by atoms with Crippen molar-refractivity contribution < 1.29 is 4.74 Å². The molecule has 2 aromatic carbocycles. The summed E-state index contributed by atoms with van der Waals surface area (Å²) >= 11 is 9.62. The van der Waals surface area contributed by atoms with Gasteiger partial charge in [-0.2, -0.15) is 0 Å². The Kier molecular flexibility index (Phi) is 3.90. The second-order valence-corrected chi connectivity index (χ2v) is 5.33. The predicted molar refractivity (Wildman–Crippen MR) is 85.9 cm³/mol. The molecule has 3 rings (SSSR count). The summed E-state index contributed by atoms with van der Waals surface area (Å²) in [4.78, 5) is 4.31. The molecule has 0 spiro atoms. The third kappa shape index (κ3) is 2.79. The number of nitrogens with zero attached hydrogens (tertiary/aromatic N) is 1. The SMILES string of the molecule is Clc1cc(CBr)ccc1Oc1ccc2cccnc2c1. The Morgan fingerprint density at radius 2 is 2.00 bits per heavy atom. The fraction of sp³-hybridized carbons (Fsp3) is 0.0625. The van der Waals surface area contributed by atoms with Crippen molar-refractivity contribution in [3.8, 4) is 11.5 Å². The molecule has 0 N–H and O–H groups in total. The fourth-order valence-electron chi connectivity index (χ4n) is 1.95. The van der Waals surface area contributed by atoms with Gasteiger partial charge in [-0.05, 0) is 35.9 Å². The van der Waals surface area contributed by atoms with Crippen LogP contribution in [0.25, 0.3) is 10.9 Å². The number of fused-ring (bicyclic) bond motifs is 1. The summed E-state index contributed by atoms with van der Waals surface area (Å²) in [5.74, 6) is 1.37. The number of aromatic nitrogens is 1. The van der Waals surface area contributed by atoms with Crippen LogP contribution in [0.1, 0.15) is 5.56 Å². The molecule has 0 aliphatic rings. The summed E-state index contributed by atoms with van der Waals surface area (Å²) in [6.07, 6.45) is 1.77. The van der Waals surface area contributed by atoms with Gasteiger partial charge in [0, 0.05) is 23.0 Å². The summed E-state index contributed by atoms with van der Waals surface area (Å²) in [7, 11) is 0. The largest absolute Gasteiger partial charge is 0.456 e. The number of benzene rings is 2. The van der Waals surface area contributed by atoms with Crippen LogP contribution < -0.4 is 4.74 Å². The molecule has 3 aromatic rings. The summed E-state index contributed by atoms with van der Waals surface area (Å²) < 4.78 is 5.83. The lowest BCUT2D eigenvalue weighted by Crippen LogP contribution is -1.87. The van der Waals surface area contributed by atoms with Crippen LogP contribution in [0.5, 0.6) is 11.5 Å². The minimum absolute atomic E-state index is 0.600. The van der Waals surface area contributed by atoms with Crippen molar-refractivity contribution in [2.75, 3.05) is 0 Å². The summed E-state index contributed by atoms with van der Waals surface area (Å²) in [6, 6.07) is 15.5. The van der Waals surface area contributed by atoms with Crippen LogP contribution >= 0.6 is 27.5 Å². The van der Waals surface area contributed by atoms with Gasteiger partial charge in [0.1, 0.15) is 11.5 Å². The van der Waals surface area contributed by atoms with Gasteiger partial charge < -0.3 is 4.74 Å². The Labute approximate surface area is 130 Å². The number of alkyl halides is 1. The molecule has 1 heterocycles. The van der Waals surface area contributed by atoms with E-state index in [1.54, 1.807) is 6.20 Å². The van der Waals surface area contributed by atoms with Gasteiger partial charge in [-0.3, -0.25) is 4.98 Å². The van der Waals surface area contributed by atoms with Gasteiger partial charge in [0.2, 0.25) is 0 Å². The van der Waals surface area contributed by atoms with E-state index in [-0.39, 0.29) is 0 Å². The van der Waals surface area contributed by atoms with Gasteiger partial charge in [-0.1, -0.05) is 39.7 Å². The molecule has 100 valence electrons. The Hall–Kier alpha value is -1.58. The lowest BCUT2D eigenvalue weighted by molar-refractivity contribution is 0.483. The lowest BCUT2D eigenvalue weighted by Gasteiger charge is -2.09. The molecule has 0 fully saturated rings. The number of pyridine rings is 1. The van der Waals surface area contributed by atoms with Crippen molar-refractivity contribution in [1.29, 1.82) is 0 Å². The molecule has 4 heteroatoms. The van der Waals surface area contributed by atoms with Crippen molar-refractivity contribution in [2.45, 2.75) is 5.33 Å². The van der Waals surface area contributed by atoms with Crippen LogP contribution in [-0.2, 0) is 5.33 Å². The van der Waals surface area contributed by atoms with E-state index in [1.165, 1.54) is 0 Å². The average Bonchev–Trinajstić information content (AvgIpc) is 2.49. The van der Waals surface area contributed by atoms with E-state index in [0.29, 0.717) is 10.8 Å². The van der Waals surface area contributed by atoms with Crippen LogP contribution in [0.3, 0.4) is 0 Å². The summed E-state index contributed by atoms with van der Waals surface area (Å²) in [6.45, 7) is 0. The van der Waals surface area contributed by atoms with Gasteiger partial charge in [-0.15, -0.1) is 0 Å². The van der Waals surface area contributed by atoms with Crippen molar-refractivity contribution in [3.05, 3.63) is 65.3 Å². The molecule has 0 aliphatic heterocycles. The minimum Gasteiger partial charge on any atom is -0.456 e. The lowest BCUT2D eigenvalue weighted by atomic mass is 10.2. The Bertz CT molecular complexity index is 760. The van der Waals surface area contributed by atoms with Crippen LogP contribution in [0.4, 0.5) is 0 Å². The number of rotatable bonds is 3. The Balaban J connectivity index is 1.92. The highest BCUT2D eigenvalue weighted by atomic mass is 79.9. The zero-order chi connectivity index (χ0) is 13.9. The molecule has 0 radical (unpaired) electrons. The first-order chi connectivity index (χ1) is 9.76. The maximum Gasteiger partial charge on any atom is 0.146 e. The van der Waals surface area contributed by atoms with Crippen molar-refractivity contribution in [3.63, 3.8) is 0 Å². The maximum atomic E-state index is 6.21. The highest BCUT2D eigenvalue weighted by Crippen LogP contribution is 2.31. The standard InChI is InChI=1S/C16H11BrClNO/c17-10-11-3-6-16(14(18)8-11)20-13-5-4-12-2-1-7-19-15(12)9-13/h1-9H,10H2. The van der Waals surface area contributed by atoms with E-state index in [2.05, 4.69) is 20.9 Å². The van der Waals surface area contributed by atoms with E-state index in [1.807, 2.05) is 48.5 Å². The van der Waals surface area contributed by atoms with Crippen LogP contribution in [0, 0.1) is 0 Å². The highest BCUT2D eigenvalue weighted by molar-refractivity contribution is 9.08. The predicted octanol–water partition coefficient (Wildman–Crippen LogP) is 5.58. The zero-order valence-electron chi connectivity index (χ0n) is 10.5. The van der Waals surface area contributed by atoms with Crippen molar-refractivity contribution >= 4 is 38.4 Å². The highest BCUT2D eigenvalue weighted by Gasteiger charge is 2.05. The van der Waals surface area contributed by atoms with E-state index in [0.717, 1.165) is 27.5 Å². The van der Waals surface area contributed by atoms with E-state index in [9.17, 15) is 0 Å². The molecule has 0 saturated heterocycles. The van der Waals surface area contributed by atoms with Gasteiger partial charge in [0.25, 0.3) is 0 Å². The maximum absolute atomic E-state index is 6.21. The van der Waals surface area contributed by atoms with Crippen molar-refractivity contribution in [2.24, 2.45) is 0 Å². The molecule has 0 saturated carbocycles. The van der Waals surface area contributed by atoms with E-state index < -0.39 is 0 Å². The second kappa shape index (κ2) is 5.81. The minimum atomic E-state index is 0.600. The molecule has 0 bridgehead atoms. The molecule has 2 nitrogen and oxygen atoms in total. The molecular formula is C16H11BrClNO. The van der Waals surface area contributed by atoms with Crippen LogP contribution in [-0.4, -0.2) is 4.98 Å². The quantitative estimate of drug-likeness (QED) is 0.577. The molecule has 20 heavy (non-hydrogen) atoms. The Morgan fingerprint density at radius 1 is 1.10 bits per heavy atom. The van der Waals surface area contributed by atoms with Gasteiger partial charge in [0.15, 0.2) is 0 Å². The number of ether oxygens (including phenoxy) is 1. The van der Waals surface area contributed by atoms with Gasteiger partial charge >= 0.3 is 0 Å². The average molecular weight is 349 g/mol. The Morgan fingerprint density at radius 3 is 2.80 bits per heavy atom. The van der Waals surface area contributed by atoms with Gasteiger partial charge in [-0.25, -0.2) is 0 Å². The molecule has 0 aliphatic carbocycles. The first-order valence-corrected chi connectivity index (χ1v) is 7.63. The number of hydrogen-bond donors (Lipinski definition) is 0. The third-order valence-corrected chi connectivity index (χ3v) is 3.90. The topological polar surface area (TPSA) is 22.1 Å². The summed E-state index contributed by atoms with van der Waals surface area (Å²) in [5, 5.41) is 2.45. The molecular weight excluding hydrogens is 338 g/mol. The molecule has 1 aromatic heterocycles. The normalized spacial score (nSPS) is 10.7. The molecule has 0 unspecified atom stereocenters. The van der Waals surface area contributed by atoms with Crippen LogP contribution in [0.2, 0.25) is 5.02 Å². The van der Waals surface area contributed by atoms with Crippen molar-refractivity contribution in [1.82, 2.24) is 4.98 Å². The summed E-state index contributed by atoms with van der Waals surface area (Å²) in [5.41, 5.74) is 2.01.